The molecule has 0 aromatic heterocycles. The average Bonchev–Trinajstić information content (AvgIpc) is 2.55. The molecule has 0 spiro atoms. The Bertz CT molecular complexity index is 778. The molecule has 2 rings (SSSR count). The first-order valence-corrected chi connectivity index (χ1v) is 8.69. The molecular formula is C16H16ClNO4S. The highest BCUT2D eigenvalue weighted by atomic mass is 35.5. The third-order valence-electron chi connectivity index (χ3n) is 3.23. The van der Waals surface area contributed by atoms with Crippen LogP contribution >= 0.6 is 11.6 Å². The molecule has 2 aromatic rings. The molecule has 0 aliphatic carbocycles. The van der Waals surface area contributed by atoms with Crippen LogP contribution in [0, 0.1) is 0 Å². The fraction of sp³-hybridized carbons (Fsp3) is 0.188. The van der Waals surface area contributed by atoms with Crippen molar-refractivity contribution in [1.82, 2.24) is 4.72 Å². The second kappa shape index (κ2) is 7.59. The largest absolute Gasteiger partial charge is 0.469 e. The third kappa shape index (κ3) is 4.54. The van der Waals surface area contributed by atoms with Crippen LogP contribution in [0.1, 0.15) is 18.0 Å². The molecule has 0 fully saturated rings. The van der Waals surface area contributed by atoms with Gasteiger partial charge in [-0.15, -0.1) is 0 Å². The lowest BCUT2D eigenvalue weighted by Gasteiger charge is -2.19. The van der Waals surface area contributed by atoms with Gasteiger partial charge < -0.3 is 4.74 Å². The Labute approximate surface area is 140 Å². The number of benzene rings is 2. The number of sulfonamides is 1. The van der Waals surface area contributed by atoms with E-state index in [9.17, 15) is 13.2 Å². The van der Waals surface area contributed by atoms with Gasteiger partial charge in [0.1, 0.15) is 0 Å². The molecule has 0 amide bonds. The summed E-state index contributed by atoms with van der Waals surface area (Å²) in [6.45, 7) is 0. The summed E-state index contributed by atoms with van der Waals surface area (Å²) < 4.78 is 32.1. The van der Waals surface area contributed by atoms with E-state index in [1.165, 1.54) is 19.2 Å². The van der Waals surface area contributed by atoms with Crippen LogP contribution in [0.15, 0.2) is 59.5 Å². The fourth-order valence-electron chi connectivity index (χ4n) is 2.08. The molecule has 0 aliphatic rings. The summed E-state index contributed by atoms with van der Waals surface area (Å²) >= 11 is 6.13. The van der Waals surface area contributed by atoms with Crippen LogP contribution in [0.25, 0.3) is 0 Å². The van der Waals surface area contributed by atoms with Gasteiger partial charge in [-0.2, -0.15) is 0 Å². The number of hydrogen-bond donors (Lipinski definition) is 1. The maximum atomic E-state index is 12.5. The molecule has 122 valence electrons. The molecule has 0 aliphatic heterocycles. The Balaban J connectivity index is 2.35. The van der Waals surface area contributed by atoms with Gasteiger partial charge in [-0.05, 0) is 23.8 Å². The van der Waals surface area contributed by atoms with Crippen LogP contribution in [-0.2, 0) is 19.6 Å². The molecule has 1 atom stereocenters. The molecule has 0 saturated heterocycles. The van der Waals surface area contributed by atoms with E-state index in [4.69, 9.17) is 11.6 Å². The number of esters is 1. The van der Waals surface area contributed by atoms with Crippen molar-refractivity contribution in [2.45, 2.75) is 17.4 Å². The number of hydrogen-bond acceptors (Lipinski definition) is 4. The SMILES string of the molecule is COC(=O)C[C@H](NS(=O)(=O)c1ccccc1)c1ccccc1Cl. The van der Waals surface area contributed by atoms with Crippen LogP contribution in [-0.4, -0.2) is 21.5 Å². The van der Waals surface area contributed by atoms with Gasteiger partial charge in [0, 0.05) is 5.02 Å². The lowest BCUT2D eigenvalue weighted by Crippen LogP contribution is -2.30. The van der Waals surface area contributed by atoms with Crippen molar-refractivity contribution in [3.05, 3.63) is 65.2 Å². The number of carbonyl (C=O) groups excluding carboxylic acids is 1. The van der Waals surface area contributed by atoms with E-state index < -0.39 is 22.0 Å². The van der Waals surface area contributed by atoms with Crippen LogP contribution in [0.5, 0.6) is 0 Å². The van der Waals surface area contributed by atoms with Crippen molar-refractivity contribution in [2.75, 3.05) is 7.11 Å². The quantitative estimate of drug-likeness (QED) is 0.810. The topological polar surface area (TPSA) is 72.5 Å². The molecular weight excluding hydrogens is 338 g/mol. The van der Waals surface area contributed by atoms with Crippen LogP contribution < -0.4 is 4.72 Å². The summed E-state index contributed by atoms with van der Waals surface area (Å²) in [6.07, 6.45) is -0.160. The number of rotatable bonds is 6. The number of halogens is 1. The van der Waals surface area contributed by atoms with E-state index in [0.717, 1.165) is 0 Å². The van der Waals surface area contributed by atoms with E-state index in [-0.39, 0.29) is 11.3 Å². The number of ether oxygens (including phenoxy) is 1. The van der Waals surface area contributed by atoms with Crippen LogP contribution in [0.3, 0.4) is 0 Å². The van der Waals surface area contributed by atoms with Gasteiger partial charge in [-0.25, -0.2) is 13.1 Å². The van der Waals surface area contributed by atoms with Crippen molar-refractivity contribution in [3.8, 4) is 0 Å². The van der Waals surface area contributed by atoms with E-state index in [1.807, 2.05) is 0 Å². The van der Waals surface area contributed by atoms with Crippen molar-refractivity contribution in [3.63, 3.8) is 0 Å². The summed E-state index contributed by atoms with van der Waals surface area (Å²) in [5, 5.41) is 0.372. The summed E-state index contributed by atoms with van der Waals surface area (Å²) in [7, 11) is -2.55. The number of methoxy groups -OCH3 is 1. The predicted octanol–water partition coefficient (Wildman–Crippen LogP) is 2.92. The molecule has 23 heavy (non-hydrogen) atoms. The summed E-state index contributed by atoms with van der Waals surface area (Å²) in [5.74, 6) is -0.536. The molecule has 5 nitrogen and oxygen atoms in total. The van der Waals surface area contributed by atoms with E-state index in [1.54, 1.807) is 42.5 Å². The van der Waals surface area contributed by atoms with Gasteiger partial charge in [0.15, 0.2) is 0 Å². The minimum Gasteiger partial charge on any atom is -0.469 e. The Morgan fingerprint density at radius 1 is 1.13 bits per heavy atom. The summed E-state index contributed by atoms with van der Waals surface area (Å²) in [4.78, 5) is 11.7. The first-order valence-electron chi connectivity index (χ1n) is 6.82. The third-order valence-corrected chi connectivity index (χ3v) is 5.06. The van der Waals surface area contributed by atoms with Crippen LogP contribution in [0.4, 0.5) is 0 Å². The lowest BCUT2D eigenvalue weighted by atomic mass is 10.1. The zero-order valence-electron chi connectivity index (χ0n) is 12.4. The molecule has 0 radical (unpaired) electrons. The number of carbonyl (C=O) groups is 1. The van der Waals surface area contributed by atoms with Crippen molar-refractivity contribution < 1.29 is 17.9 Å². The van der Waals surface area contributed by atoms with Gasteiger partial charge in [0.05, 0.1) is 24.5 Å². The molecule has 0 heterocycles. The molecule has 0 bridgehead atoms. The first-order chi connectivity index (χ1) is 10.9. The Kier molecular flexibility index (Phi) is 5.76. The monoisotopic (exact) mass is 353 g/mol. The first kappa shape index (κ1) is 17.5. The second-order valence-corrected chi connectivity index (χ2v) is 6.91. The molecule has 0 unspecified atom stereocenters. The zero-order valence-corrected chi connectivity index (χ0v) is 14.0. The number of nitrogens with one attached hydrogen (secondary N) is 1. The smallest absolute Gasteiger partial charge is 0.307 e. The molecule has 1 N–H and O–H groups in total. The lowest BCUT2D eigenvalue weighted by molar-refractivity contribution is -0.141. The Morgan fingerprint density at radius 3 is 2.35 bits per heavy atom. The second-order valence-electron chi connectivity index (χ2n) is 4.79. The van der Waals surface area contributed by atoms with Gasteiger partial charge >= 0.3 is 5.97 Å². The van der Waals surface area contributed by atoms with Crippen LogP contribution in [0.2, 0.25) is 5.02 Å². The highest BCUT2D eigenvalue weighted by Gasteiger charge is 2.25. The standard InChI is InChI=1S/C16H16ClNO4S/c1-22-16(19)11-15(13-9-5-6-10-14(13)17)18-23(20,21)12-7-3-2-4-8-12/h2-10,15,18H,11H2,1H3/t15-/m0/s1. The highest BCUT2D eigenvalue weighted by molar-refractivity contribution is 7.89. The van der Waals surface area contributed by atoms with E-state index >= 15 is 0 Å². The normalized spacial score (nSPS) is 12.6. The summed E-state index contributed by atoms with van der Waals surface area (Å²) in [5.41, 5.74) is 0.513. The van der Waals surface area contributed by atoms with Gasteiger partial charge in [-0.1, -0.05) is 48.0 Å². The van der Waals surface area contributed by atoms with E-state index in [0.29, 0.717) is 10.6 Å². The van der Waals surface area contributed by atoms with Gasteiger partial charge in [-0.3, -0.25) is 4.79 Å². The van der Waals surface area contributed by atoms with Gasteiger partial charge in [0.2, 0.25) is 10.0 Å². The van der Waals surface area contributed by atoms with Crippen molar-refractivity contribution >= 4 is 27.6 Å². The molecule has 0 saturated carbocycles. The Hall–Kier alpha value is -1.89. The maximum Gasteiger partial charge on any atom is 0.307 e. The minimum atomic E-state index is -3.79. The van der Waals surface area contributed by atoms with E-state index in [2.05, 4.69) is 9.46 Å². The average molecular weight is 354 g/mol. The summed E-state index contributed by atoms with van der Waals surface area (Å²) in [6, 6.07) is 13.9. The minimum absolute atomic E-state index is 0.113. The van der Waals surface area contributed by atoms with Gasteiger partial charge in [0.25, 0.3) is 0 Å². The molecule has 2 aromatic carbocycles. The highest BCUT2D eigenvalue weighted by Crippen LogP contribution is 2.27. The molecule has 7 heteroatoms. The Morgan fingerprint density at radius 2 is 1.74 bits per heavy atom. The maximum absolute atomic E-state index is 12.5. The fourth-order valence-corrected chi connectivity index (χ4v) is 3.58. The zero-order chi connectivity index (χ0) is 16.9. The van der Waals surface area contributed by atoms with Crippen molar-refractivity contribution in [1.29, 1.82) is 0 Å². The predicted molar refractivity (Wildman–Crippen MR) is 87.6 cm³/mol. The van der Waals surface area contributed by atoms with Crippen molar-refractivity contribution in [2.24, 2.45) is 0 Å².